The van der Waals surface area contributed by atoms with Crippen molar-refractivity contribution in [3.63, 3.8) is 0 Å². The van der Waals surface area contributed by atoms with Gasteiger partial charge in [-0.3, -0.25) is 19.2 Å². The van der Waals surface area contributed by atoms with Gasteiger partial charge in [-0.25, -0.2) is 14.4 Å². The van der Waals surface area contributed by atoms with E-state index < -0.39 is 71.4 Å². The van der Waals surface area contributed by atoms with Gasteiger partial charge >= 0.3 is 18.3 Å². The van der Waals surface area contributed by atoms with Gasteiger partial charge in [-0.2, -0.15) is 0 Å². The molecule has 0 radical (unpaired) electrons. The fourth-order valence-electron chi connectivity index (χ4n) is 7.72. The van der Waals surface area contributed by atoms with Crippen LogP contribution in [0.4, 0.5) is 14.4 Å². The van der Waals surface area contributed by atoms with E-state index in [0.29, 0.717) is 38.8 Å². The summed E-state index contributed by atoms with van der Waals surface area (Å²) in [6.45, 7) is 15.3. The number of unbranched alkanes of at least 4 members (excludes halogenated alkanes) is 1. The summed E-state index contributed by atoms with van der Waals surface area (Å²) >= 11 is 0. The van der Waals surface area contributed by atoms with Crippen molar-refractivity contribution in [2.75, 3.05) is 19.6 Å². The van der Waals surface area contributed by atoms with Crippen LogP contribution in [0.5, 0.6) is 0 Å². The van der Waals surface area contributed by atoms with Gasteiger partial charge in [0.15, 0.2) is 0 Å². The van der Waals surface area contributed by atoms with Crippen LogP contribution in [-0.2, 0) is 52.8 Å². The van der Waals surface area contributed by atoms with Crippen LogP contribution in [0.3, 0.4) is 0 Å². The van der Waals surface area contributed by atoms with Gasteiger partial charge < -0.3 is 51.0 Å². The van der Waals surface area contributed by atoms with E-state index in [1.54, 1.807) is 46.4 Å². The van der Waals surface area contributed by atoms with Gasteiger partial charge in [0, 0.05) is 38.5 Å². The molecule has 1 aliphatic heterocycles. The van der Waals surface area contributed by atoms with Gasteiger partial charge in [0.1, 0.15) is 42.0 Å². The van der Waals surface area contributed by atoms with Gasteiger partial charge in [-0.1, -0.05) is 105 Å². The van der Waals surface area contributed by atoms with Crippen molar-refractivity contribution in [3.8, 4) is 0 Å². The van der Waals surface area contributed by atoms with Crippen LogP contribution in [0.25, 0.3) is 0 Å². The molecular weight excluding hydrogens is 895 g/mol. The molecule has 3 aromatic rings. The number of hydrogen-bond acceptors (Lipinski definition) is 10. The van der Waals surface area contributed by atoms with Crippen molar-refractivity contribution < 1.29 is 47.8 Å². The average molecular weight is 970 g/mol. The molecule has 1 aliphatic rings. The van der Waals surface area contributed by atoms with Crippen molar-refractivity contribution in [2.45, 2.75) is 155 Å². The van der Waals surface area contributed by atoms with Gasteiger partial charge in [0.05, 0.1) is 0 Å². The Hall–Kier alpha value is -6.65. The van der Waals surface area contributed by atoms with Crippen molar-refractivity contribution in [3.05, 3.63) is 108 Å². The lowest BCUT2D eigenvalue weighted by molar-refractivity contribution is -0.139. The molecule has 1 fully saturated rings. The third-order valence-electron chi connectivity index (χ3n) is 11.1. The predicted molar refractivity (Wildman–Crippen MR) is 266 cm³/mol. The first-order chi connectivity index (χ1) is 33.1. The van der Waals surface area contributed by atoms with E-state index in [4.69, 9.17) is 14.2 Å². The van der Waals surface area contributed by atoms with Gasteiger partial charge in [0.2, 0.25) is 23.6 Å². The van der Waals surface area contributed by atoms with Gasteiger partial charge in [-0.15, -0.1) is 0 Å². The Morgan fingerprint density at radius 2 is 1.03 bits per heavy atom. The molecule has 6 N–H and O–H groups in total. The zero-order chi connectivity index (χ0) is 51.3. The van der Waals surface area contributed by atoms with E-state index in [0.717, 1.165) is 16.7 Å². The average Bonchev–Trinajstić information content (AvgIpc) is 3.29. The first-order valence-corrected chi connectivity index (χ1v) is 24.4. The number of benzene rings is 3. The van der Waals surface area contributed by atoms with Crippen LogP contribution >= 0.6 is 0 Å². The smallest absolute Gasteiger partial charge is 0.408 e. The zero-order valence-corrected chi connectivity index (χ0v) is 42.1. The number of carbonyl (C=O) groups is 7. The molecule has 4 atom stereocenters. The summed E-state index contributed by atoms with van der Waals surface area (Å²) in [4.78, 5) is 97.0. The molecule has 4 rings (SSSR count). The summed E-state index contributed by atoms with van der Waals surface area (Å²) in [6, 6.07) is 22.9. The SMILES string of the molecule is CC(C)C[C@@H](NC(=O)[C@@H](Cc1ccccc1)NC(=O)[C@@H](Cc1ccccc1)NC(=O)OC(C)(C)C)C(=O)N[C@H](CCCCNC(=O)OC(C)(C)C)C(=O)N1CCC(NC(=O)OCc2ccccc2)CC1. The number of nitrogens with zero attached hydrogens (tertiary/aromatic N) is 1. The molecule has 70 heavy (non-hydrogen) atoms. The Balaban J connectivity index is 1.50. The van der Waals surface area contributed by atoms with E-state index in [1.165, 1.54) is 0 Å². The number of amides is 7. The first kappa shape index (κ1) is 55.9. The molecule has 7 amide bonds. The van der Waals surface area contributed by atoms with E-state index >= 15 is 0 Å². The molecule has 0 aromatic heterocycles. The van der Waals surface area contributed by atoms with E-state index in [9.17, 15) is 33.6 Å². The van der Waals surface area contributed by atoms with Crippen LogP contribution in [0.2, 0.25) is 0 Å². The summed E-state index contributed by atoms with van der Waals surface area (Å²) < 4.78 is 16.2. The fraction of sp³-hybridized carbons (Fsp3) is 0.528. The number of piperidine rings is 1. The lowest BCUT2D eigenvalue weighted by Gasteiger charge is -2.35. The standard InChI is InChI=1S/C53H75N7O10/c1-36(2)32-42(57-46(62)43(33-37-20-12-9-13-21-37)58-47(63)44(34-38-22-14-10-15-23-38)59-51(67)70-53(6,7)8)45(61)56-41(26-18-19-29-54-49(65)69-52(3,4)5)48(64)60-30-27-40(28-31-60)55-50(66)68-35-39-24-16-11-17-25-39/h9-17,20-25,36,40-44H,18-19,26-35H2,1-8H3,(H,54,65)(H,55,66)(H,56,61)(H,57,62)(H,58,63)(H,59,67)/t41-,42-,43-,44-/m1/s1. The quantitative estimate of drug-likeness (QED) is 0.0475. The fourth-order valence-corrected chi connectivity index (χ4v) is 7.72. The Kier molecular flexibility index (Phi) is 22.0. The minimum absolute atomic E-state index is 0.0624. The summed E-state index contributed by atoms with van der Waals surface area (Å²) in [7, 11) is 0. The number of carbonyl (C=O) groups excluding carboxylic acids is 7. The number of alkyl carbamates (subject to hydrolysis) is 3. The van der Waals surface area contributed by atoms with Crippen molar-refractivity contribution in [2.24, 2.45) is 5.92 Å². The van der Waals surface area contributed by atoms with Crippen LogP contribution in [0.1, 0.15) is 111 Å². The van der Waals surface area contributed by atoms with Crippen LogP contribution in [0, 0.1) is 5.92 Å². The highest BCUT2D eigenvalue weighted by molar-refractivity contribution is 5.95. The Bertz CT molecular complexity index is 2140. The van der Waals surface area contributed by atoms with Crippen LogP contribution in [-0.4, -0.2) is 108 Å². The lowest BCUT2D eigenvalue weighted by Crippen LogP contribution is -2.59. The number of rotatable bonds is 22. The maximum absolute atomic E-state index is 14.5. The second-order valence-corrected chi connectivity index (χ2v) is 20.1. The maximum Gasteiger partial charge on any atom is 0.408 e. The molecular formula is C53H75N7O10. The molecule has 0 spiro atoms. The van der Waals surface area contributed by atoms with E-state index in [1.807, 2.05) is 105 Å². The van der Waals surface area contributed by atoms with Crippen LogP contribution in [0.15, 0.2) is 91.0 Å². The van der Waals surface area contributed by atoms with E-state index in [2.05, 4.69) is 31.9 Å². The second-order valence-electron chi connectivity index (χ2n) is 20.1. The second kappa shape index (κ2) is 27.5. The summed E-state index contributed by atoms with van der Waals surface area (Å²) in [6.07, 6.45) is 0.554. The summed E-state index contributed by atoms with van der Waals surface area (Å²) in [5.41, 5.74) is 0.855. The summed E-state index contributed by atoms with van der Waals surface area (Å²) in [5.74, 6) is -2.25. The monoisotopic (exact) mass is 970 g/mol. The highest BCUT2D eigenvalue weighted by atomic mass is 16.6. The molecule has 3 aromatic carbocycles. The van der Waals surface area contributed by atoms with Crippen molar-refractivity contribution in [1.29, 1.82) is 0 Å². The largest absolute Gasteiger partial charge is 0.445 e. The maximum atomic E-state index is 14.5. The minimum Gasteiger partial charge on any atom is -0.445 e. The summed E-state index contributed by atoms with van der Waals surface area (Å²) in [5, 5.41) is 17.0. The molecule has 0 bridgehead atoms. The van der Waals surface area contributed by atoms with Crippen LogP contribution < -0.4 is 31.9 Å². The molecule has 0 aliphatic carbocycles. The Morgan fingerprint density at radius 1 is 0.571 bits per heavy atom. The molecule has 0 unspecified atom stereocenters. The predicted octanol–water partition coefficient (Wildman–Crippen LogP) is 6.48. The Labute approximate surface area is 413 Å². The molecule has 17 heteroatoms. The minimum atomic E-state index is -1.18. The topological polar surface area (TPSA) is 223 Å². The number of ether oxygens (including phenoxy) is 3. The lowest BCUT2D eigenvalue weighted by atomic mass is 9.99. The molecule has 1 saturated heterocycles. The van der Waals surface area contributed by atoms with E-state index in [-0.39, 0.29) is 56.7 Å². The van der Waals surface area contributed by atoms with Crippen molar-refractivity contribution in [1.82, 2.24) is 36.8 Å². The number of hydrogen-bond donors (Lipinski definition) is 6. The normalized spacial score (nSPS) is 14.7. The third-order valence-corrected chi connectivity index (χ3v) is 11.1. The molecule has 0 saturated carbocycles. The zero-order valence-electron chi connectivity index (χ0n) is 42.1. The molecule has 1 heterocycles. The highest BCUT2D eigenvalue weighted by Gasteiger charge is 2.35. The third kappa shape index (κ3) is 21.3. The molecule has 382 valence electrons. The first-order valence-electron chi connectivity index (χ1n) is 24.4. The van der Waals surface area contributed by atoms with Gasteiger partial charge in [0.25, 0.3) is 0 Å². The number of likely N-dealkylation sites (tertiary alicyclic amines) is 1. The number of nitrogens with one attached hydrogen (secondary N) is 6. The van der Waals surface area contributed by atoms with Crippen molar-refractivity contribution >= 4 is 41.9 Å². The molecule has 17 nitrogen and oxygen atoms in total. The Morgan fingerprint density at radius 3 is 1.54 bits per heavy atom. The van der Waals surface area contributed by atoms with Gasteiger partial charge in [-0.05, 0) is 103 Å². The highest BCUT2D eigenvalue weighted by Crippen LogP contribution is 2.17.